The molecule has 3 rings (SSSR count). The number of rotatable bonds is 5. The standard InChI is InChI=1S/C19H25FN4O/c1-13(17-12-23(3)22-14(17)2)21-19(25)24(16-8-6-9-16)11-15-7-4-5-10-18(15)20/h4-5,7,10,12-13,16H,6,8-9,11H2,1-3H3,(H,21,25). The Morgan fingerprint density at radius 1 is 1.44 bits per heavy atom. The quantitative estimate of drug-likeness (QED) is 0.899. The van der Waals surface area contributed by atoms with Crippen LogP contribution in [0.25, 0.3) is 0 Å². The second-order valence-corrected chi connectivity index (χ2v) is 6.82. The van der Waals surface area contributed by atoms with Crippen LogP contribution >= 0.6 is 0 Å². The van der Waals surface area contributed by atoms with Gasteiger partial charge in [-0.2, -0.15) is 5.10 Å². The Bertz CT molecular complexity index is 754. The summed E-state index contributed by atoms with van der Waals surface area (Å²) in [6.45, 7) is 4.17. The SMILES string of the molecule is Cc1nn(C)cc1C(C)NC(=O)N(Cc1ccccc1F)C1CCC1. The van der Waals surface area contributed by atoms with Crippen LogP contribution in [-0.4, -0.2) is 26.8 Å². The third-order valence-electron chi connectivity index (χ3n) is 4.93. The number of halogens is 1. The van der Waals surface area contributed by atoms with E-state index in [0.29, 0.717) is 12.1 Å². The summed E-state index contributed by atoms with van der Waals surface area (Å²) in [6.07, 6.45) is 4.98. The van der Waals surface area contributed by atoms with E-state index < -0.39 is 0 Å². The van der Waals surface area contributed by atoms with Crippen molar-refractivity contribution in [1.82, 2.24) is 20.0 Å². The average molecular weight is 344 g/mol. The summed E-state index contributed by atoms with van der Waals surface area (Å²) in [5, 5.41) is 7.38. The Labute approximate surface area is 147 Å². The first-order chi connectivity index (χ1) is 12.0. The molecule has 1 aliphatic rings. The van der Waals surface area contributed by atoms with Gasteiger partial charge in [-0.05, 0) is 39.2 Å². The summed E-state index contributed by atoms with van der Waals surface area (Å²) in [5.74, 6) is -0.268. The Kier molecular flexibility index (Phi) is 5.06. The molecule has 0 aliphatic heterocycles. The number of benzene rings is 1. The maximum Gasteiger partial charge on any atom is 0.318 e. The topological polar surface area (TPSA) is 50.2 Å². The molecule has 1 aromatic carbocycles. The third kappa shape index (κ3) is 3.83. The molecule has 6 heteroatoms. The van der Waals surface area contributed by atoms with Crippen LogP contribution in [0.3, 0.4) is 0 Å². The summed E-state index contributed by atoms with van der Waals surface area (Å²) >= 11 is 0. The number of amides is 2. The molecule has 2 amide bonds. The van der Waals surface area contributed by atoms with Crippen LogP contribution < -0.4 is 5.32 Å². The number of hydrogen-bond acceptors (Lipinski definition) is 2. The summed E-state index contributed by atoms with van der Waals surface area (Å²) in [4.78, 5) is 14.6. The minimum Gasteiger partial charge on any atom is -0.331 e. The van der Waals surface area contributed by atoms with Crippen molar-refractivity contribution in [1.29, 1.82) is 0 Å². The summed E-state index contributed by atoms with van der Waals surface area (Å²) in [7, 11) is 1.86. The van der Waals surface area contributed by atoms with Crippen LogP contribution in [-0.2, 0) is 13.6 Å². The molecule has 25 heavy (non-hydrogen) atoms. The van der Waals surface area contributed by atoms with Crippen LogP contribution in [0.4, 0.5) is 9.18 Å². The molecule has 5 nitrogen and oxygen atoms in total. The van der Waals surface area contributed by atoms with Crippen molar-refractivity contribution in [3.05, 3.63) is 53.1 Å². The Morgan fingerprint density at radius 3 is 2.72 bits per heavy atom. The lowest BCUT2D eigenvalue weighted by Crippen LogP contribution is -2.49. The fraction of sp³-hybridized carbons (Fsp3) is 0.474. The number of nitrogens with zero attached hydrogens (tertiary/aromatic N) is 3. The lowest BCUT2D eigenvalue weighted by atomic mass is 9.91. The van der Waals surface area contributed by atoms with Crippen molar-refractivity contribution in [3.63, 3.8) is 0 Å². The van der Waals surface area contributed by atoms with Crippen LogP contribution in [0.2, 0.25) is 0 Å². The van der Waals surface area contributed by atoms with Gasteiger partial charge in [0.2, 0.25) is 0 Å². The molecule has 1 atom stereocenters. The van der Waals surface area contributed by atoms with Crippen molar-refractivity contribution in [2.75, 3.05) is 0 Å². The molecule has 0 radical (unpaired) electrons. The van der Waals surface area contributed by atoms with Gasteiger partial charge in [-0.15, -0.1) is 0 Å². The van der Waals surface area contributed by atoms with E-state index in [1.807, 2.05) is 27.1 Å². The zero-order valence-corrected chi connectivity index (χ0v) is 15.0. The molecule has 1 unspecified atom stereocenters. The van der Waals surface area contributed by atoms with Crippen molar-refractivity contribution < 1.29 is 9.18 Å². The molecule has 1 aliphatic carbocycles. The zero-order chi connectivity index (χ0) is 18.0. The molecule has 1 N–H and O–H groups in total. The van der Waals surface area contributed by atoms with E-state index >= 15 is 0 Å². The van der Waals surface area contributed by atoms with Crippen molar-refractivity contribution in [2.45, 2.75) is 51.7 Å². The van der Waals surface area contributed by atoms with Crippen LogP contribution in [0.5, 0.6) is 0 Å². The van der Waals surface area contributed by atoms with Gasteiger partial charge in [-0.1, -0.05) is 18.2 Å². The van der Waals surface area contributed by atoms with E-state index in [2.05, 4.69) is 10.4 Å². The highest BCUT2D eigenvalue weighted by Crippen LogP contribution is 2.27. The maximum absolute atomic E-state index is 14.0. The highest BCUT2D eigenvalue weighted by Gasteiger charge is 2.30. The first-order valence-electron chi connectivity index (χ1n) is 8.76. The fourth-order valence-electron chi connectivity index (χ4n) is 3.26. The predicted octanol–water partition coefficient (Wildman–Crippen LogP) is 3.69. The highest BCUT2D eigenvalue weighted by molar-refractivity contribution is 5.75. The summed E-state index contributed by atoms with van der Waals surface area (Å²) in [6, 6.07) is 6.53. The number of carbonyl (C=O) groups excluding carboxylic acids is 1. The van der Waals surface area contributed by atoms with Crippen LogP contribution in [0.1, 0.15) is 49.0 Å². The van der Waals surface area contributed by atoms with Gasteiger partial charge in [-0.3, -0.25) is 4.68 Å². The lowest BCUT2D eigenvalue weighted by Gasteiger charge is -2.38. The Morgan fingerprint density at radius 2 is 2.16 bits per heavy atom. The van der Waals surface area contributed by atoms with E-state index in [1.165, 1.54) is 6.07 Å². The van der Waals surface area contributed by atoms with Crippen molar-refractivity contribution >= 4 is 6.03 Å². The predicted molar refractivity (Wildman–Crippen MR) is 94.5 cm³/mol. The maximum atomic E-state index is 14.0. The highest BCUT2D eigenvalue weighted by atomic mass is 19.1. The molecular weight excluding hydrogens is 319 g/mol. The van der Waals surface area contributed by atoms with Gasteiger partial charge in [0.25, 0.3) is 0 Å². The van der Waals surface area contributed by atoms with Gasteiger partial charge in [0.1, 0.15) is 5.82 Å². The number of aryl methyl sites for hydroxylation is 2. The molecule has 2 aromatic rings. The van der Waals surface area contributed by atoms with E-state index in [1.54, 1.807) is 27.8 Å². The smallest absolute Gasteiger partial charge is 0.318 e. The van der Waals surface area contributed by atoms with E-state index in [9.17, 15) is 9.18 Å². The molecule has 0 spiro atoms. The summed E-state index contributed by atoms with van der Waals surface area (Å²) < 4.78 is 15.8. The first kappa shape index (κ1) is 17.5. The normalized spacial score (nSPS) is 15.5. The van der Waals surface area contributed by atoms with Crippen molar-refractivity contribution in [2.24, 2.45) is 7.05 Å². The fourth-order valence-corrected chi connectivity index (χ4v) is 3.26. The molecule has 0 bridgehead atoms. The molecular formula is C19H25FN4O. The number of carbonyl (C=O) groups is 1. The van der Waals surface area contributed by atoms with Gasteiger partial charge >= 0.3 is 6.03 Å². The second-order valence-electron chi connectivity index (χ2n) is 6.82. The molecule has 1 fully saturated rings. The largest absolute Gasteiger partial charge is 0.331 e. The number of hydrogen-bond donors (Lipinski definition) is 1. The zero-order valence-electron chi connectivity index (χ0n) is 15.0. The van der Waals surface area contributed by atoms with Gasteiger partial charge in [0, 0.05) is 30.4 Å². The van der Waals surface area contributed by atoms with Crippen LogP contribution in [0.15, 0.2) is 30.5 Å². The first-order valence-corrected chi connectivity index (χ1v) is 8.76. The van der Waals surface area contributed by atoms with E-state index in [0.717, 1.165) is 30.5 Å². The monoisotopic (exact) mass is 344 g/mol. The Balaban J connectivity index is 1.73. The lowest BCUT2D eigenvalue weighted by molar-refractivity contribution is 0.130. The number of nitrogens with one attached hydrogen (secondary N) is 1. The molecule has 0 saturated heterocycles. The van der Waals surface area contributed by atoms with Crippen LogP contribution in [0, 0.1) is 12.7 Å². The average Bonchev–Trinajstić information content (AvgIpc) is 2.85. The number of aromatic nitrogens is 2. The molecule has 134 valence electrons. The van der Waals surface area contributed by atoms with E-state index in [4.69, 9.17) is 0 Å². The third-order valence-corrected chi connectivity index (χ3v) is 4.93. The summed E-state index contributed by atoms with van der Waals surface area (Å²) in [5.41, 5.74) is 2.45. The van der Waals surface area contributed by atoms with Gasteiger partial charge < -0.3 is 10.2 Å². The molecule has 1 heterocycles. The van der Waals surface area contributed by atoms with E-state index in [-0.39, 0.29) is 23.9 Å². The van der Waals surface area contributed by atoms with Gasteiger partial charge in [-0.25, -0.2) is 9.18 Å². The minimum atomic E-state index is -0.268. The number of urea groups is 1. The Hall–Kier alpha value is -2.37. The second kappa shape index (κ2) is 7.25. The molecule has 1 aromatic heterocycles. The minimum absolute atomic E-state index is 0.149. The van der Waals surface area contributed by atoms with Crippen molar-refractivity contribution in [3.8, 4) is 0 Å². The van der Waals surface area contributed by atoms with Gasteiger partial charge in [0.15, 0.2) is 0 Å². The molecule has 1 saturated carbocycles. The van der Waals surface area contributed by atoms with Gasteiger partial charge in [0.05, 0.1) is 18.3 Å².